The number of halogens is 1. The fourth-order valence-electron chi connectivity index (χ4n) is 1.79. The van der Waals surface area contributed by atoms with Crippen LogP contribution in [0, 0.1) is 0 Å². The molecule has 0 radical (unpaired) electrons. The van der Waals surface area contributed by atoms with E-state index in [0.717, 1.165) is 27.7 Å². The van der Waals surface area contributed by atoms with Crippen molar-refractivity contribution in [1.82, 2.24) is 4.98 Å². The average molecular weight is 301 g/mol. The number of hydrogen-bond acceptors (Lipinski definition) is 4. The zero-order valence-corrected chi connectivity index (χ0v) is 12.9. The van der Waals surface area contributed by atoms with Gasteiger partial charge in [-0.15, -0.1) is 11.3 Å². The van der Waals surface area contributed by atoms with Crippen molar-refractivity contribution in [1.29, 1.82) is 0 Å². The molecule has 2 nitrogen and oxygen atoms in total. The molecule has 0 saturated heterocycles. The van der Waals surface area contributed by atoms with Gasteiger partial charge in [-0.2, -0.15) is 0 Å². The molecule has 0 aliphatic carbocycles. The highest BCUT2D eigenvalue weighted by Crippen LogP contribution is 2.35. The van der Waals surface area contributed by atoms with Crippen LogP contribution < -0.4 is 5.73 Å². The van der Waals surface area contributed by atoms with Crippen LogP contribution in [0.2, 0.25) is 5.02 Å². The summed E-state index contributed by atoms with van der Waals surface area (Å²) in [5.41, 5.74) is 6.86. The van der Waals surface area contributed by atoms with Crippen LogP contribution in [0.25, 0.3) is 10.2 Å². The van der Waals surface area contributed by atoms with Gasteiger partial charge in [-0.05, 0) is 38.0 Å². The topological polar surface area (TPSA) is 38.9 Å². The number of rotatable bonds is 5. The van der Waals surface area contributed by atoms with Gasteiger partial charge in [0.05, 0.1) is 10.2 Å². The van der Waals surface area contributed by atoms with E-state index in [2.05, 4.69) is 18.8 Å². The summed E-state index contributed by atoms with van der Waals surface area (Å²) in [5.74, 6) is 0. The Bertz CT molecular complexity index is 525. The van der Waals surface area contributed by atoms with Crippen molar-refractivity contribution in [3.05, 3.63) is 23.2 Å². The average Bonchev–Trinajstić information content (AvgIpc) is 2.68. The Kier molecular flexibility index (Phi) is 4.90. The van der Waals surface area contributed by atoms with Crippen LogP contribution in [0.3, 0.4) is 0 Å². The molecule has 1 aromatic heterocycles. The van der Waals surface area contributed by atoms with E-state index in [1.165, 1.54) is 4.70 Å². The predicted molar refractivity (Wildman–Crippen MR) is 82.8 cm³/mol. The monoisotopic (exact) mass is 300 g/mol. The first-order valence-corrected chi connectivity index (χ1v) is 8.14. The van der Waals surface area contributed by atoms with Gasteiger partial charge in [0.1, 0.15) is 0 Å². The van der Waals surface area contributed by atoms with E-state index in [4.69, 9.17) is 17.3 Å². The number of nitrogens with zero attached hydrogens (tertiary/aromatic N) is 1. The zero-order chi connectivity index (χ0) is 13.1. The molecule has 5 heteroatoms. The van der Waals surface area contributed by atoms with Gasteiger partial charge in [-0.3, -0.25) is 0 Å². The highest BCUT2D eigenvalue weighted by atomic mass is 35.5. The van der Waals surface area contributed by atoms with Crippen LogP contribution in [-0.4, -0.2) is 16.3 Å². The molecule has 2 N–H and O–H groups in total. The molecule has 2 rings (SSSR count). The number of thioether (sulfide) groups is 1. The Morgan fingerprint density at radius 1 is 1.50 bits per heavy atom. The standard InChI is InChI=1S/C13H17ClN2S2/c1-3-10(6-8(2)15)17-13-16-11-7-9(14)4-5-12(11)18-13/h4-5,7-8,10H,3,6,15H2,1-2H3/t8?,10-/m1/s1. The third kappa shape index (κ3) is 3.60. The summed E-state index contributed by atoms with van der Waals surface area (Å²) in [6.45, 7) is 4.26. The predicted octanol–water partition coefficient (Wildman–Crippen LogP) is 4.56. The van der Waals surface area contributed by atoms with Gasteiger partial charge in [-0.25, -0.2) is 4.98 Å². The maximum absolute atomic E-state index is 5.97. The summed E-state index contributed by atoms with van der Waals surface area (Å²) in [5, 5.41) is 1.29. The Hall–Kier alpha value is -0.290. The van der Waals surface area contributed by atoms with Crippen LogP contribution in [-0.2, 0) is 0 Å². The molecule has 2 aromatic rings. The molecule has 1 aromatic carbocycles. The molecule has 18 heavy (non-hydrogen) atoms. The minimum Gasteiger partial charge on any atom is -0.328 e. The van der Waals surface area contributed by atoms with Crippen molar-refractivity contribution in [3.8, 4) is 0 Å². The Morgan fingerprint density at radius 2 is 2.28 bits per heavy atom. The number of thiazole rings is 1. The summed E-state index contributed by atoms with van der Waals surface area (Å²) in [4.78, 5) is 4.62. The molecule has 1 heterocycles. The summed E-state index contributed by atoms with van der Waals surface area (Å²) >= 11 is 9.53. The highest BCUT2D eigenvalue weighted by Gasteiger charge is 2.13. The zero-order valence-electron chi connectivity index (χ0n) is 10.5. The van der Waals surface area contributed by atoms with Crippen LogP contribution in [0.1, 0.15) is 26.7 Å². The molecule has 0 aliphatic rings. The van der Waals surface area contributed by atoms with Gasteiger partial charge in [-0.1, -0.05) is 30.3 Å². The summed E-state index contributed by atoms with van der Waals surface area (Å²) in [7, 11) is 0. The third-order valence-electron chi connectivity index (χ3n) is 2.69. The molecular weight excluding hydrogens is 284 g/mol. The number of nitrogens with two attached hydrogens (primary N) is 1. The normalized spacial score (nSPS) is 14.9. The van der Waals surface area contributed by atoms with Crippen molar-refractivity contribution >= 4 is 44.9 Å². The van der Waals surface area contributed by atoms with Crippen LogP contribution >= 0.6 is 34.7 Å². The van der Waals surface area contributed by atoms with Crippen LogP contribution in [0.4, 0.5) is 0 Å². The number of benzene rings is 1. The minimum atomic E-state index is 0.242. The first kappa shape index (κ1) is 14.1. The molecule has 1 unspecified atom stereocenters. The molecule has 98 valence electrons. The number of hydrogen-bond donors (Lipinski definition) is 1. The van der Waals surface area contributed by atoms with Crippen molar-refractivity contribution in [2.75, 3.05) is 0 Å². The lowest BCUT2D eigenvalue weighted by molar-refractivity contribution is 0.628. The lowest BCUT2D eigenvalue weighted by Gasteiger charge is -2.14. The van der Waals surface area contributed by atoms with E-state index in [1.54, 1.807) is 11.3 Å². The summed E-state index contributed by atoms with van der Waals surface area (Å²) in [6.07, 6.45) is 2.14. The summed E-state index contributed by atoms with van der Waals surface area (Å²) in [6, 6.07) is 6.11. The molecule has 2 atom stereocenters. The van der Waals surface area contributed by atoms with Gasteiger partial charge in [0.15, 0.2) is 4.34 Å². The maximum atomic E-state index is 5.97. The lowest BCUT2D eigenvalue weighted by atomic mass is 10.1. The second-order valence-electron chi connectivity index (χ2n) is 4.45. The van der Waals surface area contributed by atoms with Gasteiger partial charge in [0.25, 0.3) is 0 Å². The summed E-state index contributed by atoms with van der Waals surface area (Å²) < 4.78 is 2.30. The Morgan fingerprint density at radius 3 is 2.94 bits per heavy atom. The Labute approximate surface area is 121 Å². The van der Waals surface area contributed by atoms with E-state index in [0.29, 0.717) is 5.25 Å². The van der Waals surface area contributed by atoms with Gasteiger partial charge >= 0.3 is 0 Å². The lowest BCUT2D eigenvalue weighted by Crippen LogP contribution is -2.20. The molecule has 0 bridgehead atoms. The maximum Gasteiger partial charge on any atom is 0.151 e. The van der Waals surface area contributed by atoms with Gasteiger partial charge < -0.3 is 5.73 Å². The van der Waals surface area contributed by atoms with E-state index in [-0.39, 0.29) is 6.04 Å². The van der Waals surface area contributed by atoms with E-state index >= 15 is 0 Å². The molecule has 0 saturated carbocycles. The fourth-order valence-corrected chi connectivity index (χ4v) is 4.50. The van der Waals surface area contributed by atoms with E-state index in [9.17, 15) is 0 Å². The molecule has 0 fully saturated rings. The SMILES string of the molecule is CC[C@H](CC(C)N)Sc1nc2cc(Cl)ccc2s1. The van der Waals surface area contributed by atoms with E-state index < -0.39 is 0 Å². The molecule has 0 spiro atoms. The van der Waals surface area contributed by atoms with Crippen molar-refractivity contribution in [2.45, 2.75) is 42.3 Å². The first-order chi connectivity index (χ1) is 8.58. The largest absolute Gasteiger partial charge is 0.328 e. The fraction of sp³-hybridized carbons (Fsp3) is 0.462. The number of fused-ring (bicyclic) bond motifs is 1. The van der Waals surface area contributed by atoms with Crippen molar-refractivity contribution < 1.29 is 0 Å². The van der Waals surface area contributed by atoms with Gasteiger partial charge in [0.2, 0.25) is 0 Å². The first-order valence-electron chi connectivity index (χ1n) is 6.06. The van der Waals surface area contributed by atoms with Crippen LogP contribution in [0.5, 0.6) is 0 Å². The quantitative estimate of drug-likeness (QED) is 0.823. The second-order valence-corrected chi connectivity index (χ2v) is 7.47. The molecule has 0 amide bonds. The second kappa shape index (κ2) is 6.24. The smallest absolute Gasteiger partial charge is 0.151 e. The highest BCUT2D eigenvalue weighted by molar-refractivity contribution is 8.01. The van der Waals surface area contributed by atoms with E-state index in [1.807, 2.05) is 30.0 Å². The number of aromatic nitrogens is 1. The third-order valence-corrected chi connectivity index (χ3v) is 5.44. The molecule has 0 aliphatic heterocycles. The van der Waals surface area contributed by atoms with Gasteiger partial charge in [0, 0.05) is 16.3 Å². The Balaban J connectivity index is 2.15. The molecular formula is C13H17ClN2S2. The van der Waals surface area contributed by atoms with Crippen molar-refractivity contribution in [3.63, 3.8) is 0 Å². The minimum absolute atomic E-state index is 0.242. The van der Waals surface area contributed by atoms with Crippen molar-refractivity contribution in [2.24, 2.45) is 5.73 Å². The van der Waals surface area contributed by atoms with Crippen LogP contribution in [0.15, 0.2) is 22.5 Å².